The second-order valence-corrected chi connectivity index (χ2v) is 8.13. The Balaban J connectivity index is 1.90. The summed E-state index contributed by atoms with van der Waals surface area (Å²) in [4.78, 5) is 0.400. The number of piperidine rings is 1. The van der Waals surface area contributed by atoms with Gasteiger partial charge in [0, 0.05) is 17.8 Å². The third-order valence-electron chi connectivity index (χ3n) is 4.06. The monoisotopic (exact) mass is 310 g/mol. The van der Waals surface area contributed by atoms with Crippen molar-refractivity contribution in [3.63, 3.8) is 0 Å². The van der Waals surface area contributed by atoms with E-state index in [0.717, 1.165) is 18.7 Å². The van der Waals surface area contributed by atoms with Crippen LogP contribution >= 0.6 is 0 Å². The van der Waals surface area contributed by atoms with Gasteiger partial charge in [0.25, 0.3) is 0 Å². The van der Waals surface area contributed by atoms with Gasteiger partial charge in [-0.05, 0) is 57.0 Å². The summed E-state index contributed by atoms with van der Waals surface area (Å²) in [6, 6.07) is 8.05. The van der Waals surface area contributed by atoms with Crippen molar-refractivity contribution in [2.45, 2.75) is 56.5 Å². The molecule has 1 heterocycles. The molecule has 0 amide bonds. The molecule has 118 valence electrons. The standard InChI is InChI=1S/C16H26N2O2S/c1-3-21(19,20)16-9-7-14(8-10-16)18-13(2)12-15-6-4-5-11-17-15/h7-10,13,15,17-18H,3-6,11-12H2,1-2H3. The average Bonchev–Trinajstić information content (AvgIpc) is 2.48. The van der Waals surface area contributed by atoms with Crippen molar-refractivity contribution in [2.24, 2.45) is 0 Å². The molecule has 1 fully saturated rings. The van der Waals surface area contributed by atoms with Crippen LogP contribution in [-0.2, 0) is 9.84 Å². The van der Waals surface area contributed by atoms with Crippen molar-refractivity contribution in [3.8, 4) is 0 Å². The summed E-state index contributed by atoms with van der Waals surface area (Å²) in [5.41, 5.74) is 0.980. The molecule has 2 N–H and O–H groups in total. The van der Waals surface area contributed by atoms with E-state index in [-0.39, 0.29) is 5.75 Å². The second kappa shape index (κ2) is 7.27. The fraction of sp³-hybridized carbons (Fsp3) is 0.625. The summed E-state index contributed by atoms with van der Waals surface area (Å²) in [5, 5.41) is 7.00. The molecule has 1 saturated heterocycles. The lowest BCUT2D eigenvalue weighted by Crippen LogP contribution is -2.37. The van der Waals surface area contributed by atoms with Gasteiger partial charge in [-0.15, -0.1) is 0 Å². The number of hydrogen-bond donors (Lipinski definition) is 2. The zero-order valence-corrected chi connectivity index (χ0v) is 13.7. The number of anilines is 1. The molecule has 2 rings (SSSR count). The van der Waals surface area contributed by atoms with Crippen molar-refractivity contribution in [1.29, 1.82) is 0 Å². The van der Waals surface area contributed by atoms with E-state index in [0.29, 0.717) is 17.0 Å². The van der Waals surface area contributed by atoms with Crippen LogP contribution in [0.1, 0.15) is 39.5 Å². The van der Waals surface area contributed by atoms with Crippen LogP contribution in [0.5, 0.6) is 0 Å². The quantitative estimate of drug-likeness (QED) is 0.848. The van der Waals surface area contributed by atoms with Crippen LogP contribution in [0.2, 0.25) is 0 Å². The second-order valence-electron chi connectivity index (χ2n) is 5.86. The van der Waals surface area contributed by atoms with Gasteiger partial charge in [0.05, 0.1) is 10.6 Å². The van der Waals surface area contributed by atoms with E-state index in [1.807, 2.05) is 12.1 Å². The molecule has 2 unspecified atom stereocenters. The van der Waals surface area contributed by atoms with Gasteiger partial charge in [-0.1, -0.05) is 13.3 Å². The minimum absolute atomic E-state index is 0.142. The average molecular weight is 310 g/mol. The normalized spacial score (nSPS) is 21.0. The third-order valence-corrected chi connectivity index (χ3v) is 5.81. The maximum absolute atomic E-state index is 11.8. The minimum Gasteiger partial charge on any atom is -0.383 e. The lowest BCUT2D eigenvalue weighted by atomic mass is 9.99. The fourth-order valence-corrected chi connectivity index (χ4v) is 3.70. The van der Waals surface area contributed by atoms with Crippen LogP contribution in [0.15, 0.2) is 29.2 Å². The summed E-state index contributed by atoms with van der Waals surface area (Å²) in [5.74, 6) is 0.142. The number of sulfone groups is 1. The van der Waals surface area contributed by atoms with Crippen LogP contribution in [0.25, 0.3) is 0 Å². The Kier molecular flexibility index (Phi) is 5.65. The minimum atomic E-state index is -3.10. The highest BCUT2D eigenvalue weighted by Crippen LogP contribution is 2.18. The first-order chi connectivity index (χ1) is 10.0. The SMILES string of the molecule is CCS(=O)(=O)c1ccc(NC(C)CC2CCCCN2)cc1. The molecule has 0 radical (unpaired) electrons. The van der Waals surface area contributed by atoms with Crippen LogP contribution in [0.4, 0.5) is 5.69 Å². The molecule has 1 aliphatic rings. The summed E-state index contributed by atoms with van der Waals surface area (Å²) in [7, 11) is -3.10. The molecular weight excluding hydrogens is 284 g/mol. The van der Waals surface area contributed by atoms with E-state index >= 15 is 0 Å². The van der Waals surface area contributed by atoms with Crippen molar-refractivity contribution in [2.75, 3.05) is 17.6 Å². The predicted molar refractivity (Wildman–Crippen MR) is 87.5 cm³/mol. The molecule has 1 aliphatic heterocycles. The molecule has 0 aliphatic carbocycles. The maximum atomic E-state index is 11.8. The zero-order chi connectivity index (χ0) is 15.3. The van der Waals surface area contributed by atoms with Crippen LogP contribution < -0.4 is 10.6 Å². The molecule has 1 aromatic rings. The first-order valence-corrected chi connectivity index (χ1v) is 9.49. The maximum Gasteiger partial charge on any atom is 0.178 e. The van der Waals surface area contributed by atoms with Crippen LogP contribution in [-0.4, -0.2) is 32.8 Å². The Morgan fingerprint density at radius 1 is 1.29 bits per heavy atom. The third kappa shape index (κ3) is 4.71. The number of nitrogens with one attached hydrogen (secondary N) is 2. The Morgan fingerprint density at radius 3 is 2.57 bits per heavy atom. The van der Waals surface area contributed by atoms with E-state index in [1.165, 1.54) is 19.3 Å². The van der Waals surface area contributed by atoms with Crippen molar-refractivity contribution >= 4 is 15.5 Å². The van der Waals surface area contributed by atoms with E-state index in [1.54, 1.807) is 19.1 Å². The molecule has 0 saturated carbocycles. The lowest BCUT2D eigenvalue weighted by Gasteiger charge is -2.27. The fourth-order valence-electron chi connectivity index (χ4n) is 2.82. The van der Waals surface area contributed by atoms with Crippen molar-refractivity contribution in [3.05, 3.63) is 24.3 Å². The largest absolute Gasteiger partial charge is 0.383 e. The molecule has 21 heavy (non-hydrogen) atoms. The molecule has 5 heteroatoms. The van der Waals surface area contributed by atoms with Gasteiger partial charge in [-0.2, -0.15) is 0 Å². The Hall–Kier alpha value is -1.07. The van der Waals surface area contributed by atoms with Crippen LogP contribution in [0.3, 0.4) is 0 Å². The molecule has 2 atom stereocenters. The summed E-state index contributed by atoms with van der Waals surface area (Å²) < 4.78 is 23.5. The van der Waals surface area contributed by atoms with Gasteiger partial charge in [0.1, 0.15) is 0 Å². The van der Waals surface area contributed by atoms with Gasteiger partial charge in [0.15, 0.2) is 9.84 Å². The van der Waals surface area contributed by atoms with E-state index in [9.17, 15) is 8.42 Å². The van der Waals surface area contributed by atoms with Gasteiger partial charge in [-0.3, -0.25) is 0 Å². The van der Waals surface area contributed by atoms with Gasteiger partial charge in [0.2, 0.25) is 0 Å². The predicted octanol–water partition coefficient (Wildman–Crippen LogP) is 2.81. The van der Waals surface area contributed by atoms with Crippen LogP contribution in [0, 0.1) is 0 Å². The first-order valence-electron chi connectivity index (χ1n) is 7.84. The summed E-state index contributed by atoms with van der Waals surface area (Å²) in [6.45, 7) is 4.97. The lowest BCUT2D eigenvalue weighted by molar-refractivity contribution is 0.371. The van der Waals surface area contributed by atoms with Gasteiger partial charge < -0.3 is 10.6 Å². The van der Waals surface area contributed by atoms with E-state index in [4.69, 9.17) is 0 Å². The Morgan fingerprint density at radius 2 is 2.00 bits per heavy atom. The molecule has 0 bridgehead atoms. The topological polar surface area (TPSA) is 58.2 Å². The Labute approximate surface area is 128 Å². The molecule has 4 nitrogen and oxygen atoms in total. The van der Waals surface area contributed by atoms with Gasteiger partial charge >= 0.3 is 0 Å². The number of hydrogen-bond acceptors (Lipinski definition) is 4. The molecule has 1 aromatic carbocycles. The summed E-state index contributed by atoms with van der Waals surface area (Å²) >= 11 is 0. The number of benzene rings is 1. The highest BCUT2D eigenvalue weighted by atomic mass is 32.2. The van der Waals surface area contributed by atoms with E-state index < -0.39 is 9.84 Å². The smallest absolute Gasteiger partial charge is 0.178 e. The first kappa shape index (κ1) is 16.3. The highest BCUT2D eigenvalue weighted by Gasteiger charge is 2.16. The van der Waals surface area contributed by atoms with Crippen molar-refractivity contribution < 1.29 is 8.42 Å². The van der Waals surface area contributed by atoms with E-state index in [2.05, 4.69) is 17.6 Å². The Bertz CT molecular complexity index is 534. The molecule has 0 aromatic heterocycles. The van der Waals surface area contributed by atoms with Gasteiger partial charge in [-0.25, -0.2) is 8.42 Å². The highest BCUT2D eigenvalue weighted by molar-refractivity contribution is 7.91. The zero-order valence-electron chi connectivity index (χ0n) is 12.9. The molecular formula is C16H26N2O2S. The summed E-state index contributed by atoms with van der Waals surface area (Å²) in [6.07, 6.45) is 4.94. The van der Waals surface area contributed by atoms with Crippen molar-refractivity contribution in [1.82, 2.24) is 5.32 Å². The number of rotatable bonds is 6. The molecule has 0 spiro atoms.